The molecule has 1 saturated carbocycles. The summed E-state index contributed by atoms with van der Waals surface area (Å²) in [6, 6.07) is 14.9. The second kappa shape index (κ2) is 7.85. The van der Waals surface area contributed by atoms with Crippen molar-refractivity contribution in [2.24, 2.45) is 0 Å². The van der Waals surface area contributed by atoms with E-state index in [9.17, 15) is 10.1 Å². The van der Waals surface area contributed by atoms with Gasteiger partial charge in [0.05, 0.1) is 11.1 Å². The molecule has 4 rings (SSSR count). The van der Waals surface area contributed by atoms with Crippen molar-refractivity contribution < 1.29 is 9.34 Å². The zero-order valence-electron chi connectivity index (χ0n) is 15.2. The lowest BCUT2D eigenvalue weighted by Crippen LogP contribution is -2.48. The molecule has 1 heterocycles. The number of halogens is 1. The smallest absolute Gasteiger partial charge is 0.270 e. The van der Waals surface area contributed by atoms with Crippen LogP contribution in [0.15, 0.2) is 63.6 Å². The van der Waals surface area contributed by atoms with E-state index in [-0.39, 0.29) is 11.2 Å². The maximum absolute atomic E-state index is 10.9. The first-order valence-electron chi connectivity index (χ1n) is 9.26. The number of aromatic nitrogens is 1. The highest BCUT2D eigenvalue weighted by Crippen LogP contribution is 2.41. The van der Waals surface area contributed by atoms with Crippen molar-refractivity contribution in [3.63, 3.8) is 0 Å². The number of hydrogen-bond acceptors (Lipinski definition) is 5. The fourth-order valence-corrected chi connectivity index (χ4v) is 3.87. The number of nitrogens with zero attached hydrogens (tertiary/aromatic N) is 2. The Bertz CT molecular complexity index is 981. The average molecular weight is 442 g/mol. The van der Waals surface area contributed by atoms with E-state index in [1.807, 2.05) is 0 Å². The van der Waals surface area contributed by atoms with Crippen molar-refractivity contribution in [1.82, 2.24) is 10.3 Å². The summed E-state index contributed by atoms with van der Waals surface area (Å²) in [5.41, 5.74) is 2.05. The zero-order valence-corrected chi connectivity index (χ0v) is 16.8. The molecule has 1 aromatic heterocycles. The molecule has 1 aliphatic rings. The first kappa shape index (κ1) is 18.8. The summed E-state index contributed by atoms with van der Waals surface area (Å²) in [4.78, 5) is 14.9. The highest BCUT2D eigenvalue weighted by Gasteiger charge is 2.37. The minimum absolute atomic E-state index is 0.0379. The van der Waals surface area contributed by atoms with Gasteiger partial charge in [-0.3, -0.25) is 10.1 Å². The standard InChI is InChI=1S/C21H20BrN3O3/c22-17-7-5-16(6-8-17)21(10-2-11-21)24-12-9-20-23-14-19(28-20)15-3-1-4-18(13-15)25(26)27/h1,3-8,13-14,24H,2,9-12H2. The SMILES string of the molecule is O=[N+]([O-])c1cccc(-c2cnc(CCNC3(c4ccc(Br)cc4)CCC3)o2)c1. The van der Waals surface area contributed by atoms with Gasteiger partial charge in [0.25, 0.3) is 5.69 Å². The zero-order chi connectivity index (χ0) is 19.6. The van der Waals surface area contributed by atoms with Gasteiger partial charge in [0.1, 0.15) is 0 Å². The molecule has 1 aliphatic carbocycles. The molecule has 6 nitrogen and oxygen atoms in total. The number of hydrogen-bond donors (Lipinski definition) is 1. The number of rotatable bonds is 7. The number of non-ortho nitro benzene ring substituents is 1. The predicted molar refractivity (Wildman–Crippen MR) is 110 cm³/mol. The van der Waals surface area contributed by atoms with Crippen molar-refractivity contribution in [1.29, 1.82) is 0 Å². The molecule has 0 bridgehead atoms. The fourth-order valence-electron chi connectivity index (χ4n) is 3.61. The third-order valence-electron chi connectivity index (χ3n) is 5.30. The van der Waals surface area contributed by atoms with Crippen LogP contribution >= 0.6 is 15.9 Å². The molecule has 0 atom stereocenters. The van der Waals surface area contributed by atoms with Crippen LogP contribution in [0.5, 0.6) is 0 Å². The molecule has 1 fully saturated rings. The van der Waals surface area contributed by atoms with Gasteiger partial charge in [0.15, 0.2) is 11.7 Å². The molecule has 3 aromatic rings. The molecule has 1 N–H and O–H groups in total. The summed E-state index contributed by atoms with van der Waals surface area (Å²) in [5, 5.41) is 14.6. The minimum Gasteiger partial charge on any atom is -0.441 e. The van der Waals surface area contributed by atoms with E-state index in [1.165, 1.54) is 24.1 Å². The van der Waals surface area contributed by atoms with Gasteiger partial charge in [-0.15, -0.1) is 0 Å². The number of nitro benzene ring substituents is 1. The predicted octanol–water partition coefficient (Wildman–Crippen LogP) is 5.22. The summed E-state index contributed by atoms with van der Waals surface area (Å²) >= 11 is 3.49. The van der Waals surface area contributed by atoms with Gasteiger partial charge in [-0.05, 0) is 37.0 Å². The third-order valence-corrected chi connectivity index (χ3v) is 5.83. The van der Waals surface area contributed by atoms with Crippen molar-refractivity contribution in [3.05, 3.63) is 80.8 Å². The highest BCUT2D eigenvalue weighted by molar-refractivity contribution is 9.10. The minimum atomic E-state index is -0.412. The molecule has 7 heteroatoms. The van der Waals surface area contributed by atoms with Gasteiger partial charge >= 0.3 is 0 Å². The van der Waals surface area contributed by atoms with E-state index in [0.29, 0.717) is 23.6 Å². The van der Waals surface area contributed by atoms with E-state index in [0.717, 1.165) is 23.9 Å². The monoisotopic (exact) mass is 441 g/mol. The Hall–Kier alpha value is -2.51. The lowest BCUT2D eigenvalue weighted by atomic mass is 9.72. The second-order valence-corrected chi connectivity index (χ2v) is 7.96. The Balaban J connectivity index is 1.40. The van der Waals surface area contributed by atoms with Crippen LogP contribution in [0.25, 0.3) is 11.3 Å². The molecule has 0 saturated heterocycles. The Labute approximate surface area is 171 Å². The van der Waals surface area contributed by atoms with Gasteiger partial charge in [-0.1, -0.05) is 40.2 Å². The third kappa shape index (κ3) is 3.86. The Morgan fingerprint density at radius 1 is 1.21 bits per heavy atom. The van der Waals surface area contributed by atoms with E-state index in [1.54, 1.807) is 18.3 Å². The van der Waals surface area contributed by atoms with Crippen LogP contribution in [0.2, 0.25) is 0 Å². The van der Waals surface area contributed by atoms with Gasteiger partial charge in [0.2, 0.25) is 0 Å². The van der Waals surface area contributed by atoms with Crippen LogP contribution in [0, 0.1) is 10.1 Å². The normalized spacial score (nSPS) is 15.2. The van der Waals surface area contributed by atoms with E-state index in [4.69, 9.17) is 4.42 Å². The van der Waals surface area contributed by atoms with Crippen LogP contribution in [0.3, 0.4) is 0 Å². The largest absolute Gasteiger partial charge is 0.441 e. The second-order valence-electron chi connectivity index (χ2n) is 7.05. The number of benzene rings is 2. The van der Waals surface area contributed by atoms with Crippen molar-refractivity contribution in [3.8, 4) is 11.3 Å². The Morgan fingerprint density at radius 3 is 2.68 bits per heavy atom. The first-order chi connectivity index (χ1) is 13.6. The molecule has 2 aromatic carbocycles. The summed E-state index contributed by atoms with van der Waals surface area (Å²) < 4.78 is 6.89. The number of nitro groups is 1. The topological polar surface area (TPSA) is 81.2 Å². The van der Waals surface area contributed by atoms with Crippen LogP contribution in [-0.2, 0) is 12.0 Å². The molecule has 0 spiro atoms. The van der Waals surface area contributed by atoms with Gasteiger partial charge in [-0.25, -0.2) is 4.98 Å². The summed E-state index contributed by atoms with van der Waals surface area (Å²) in [6.45, 7) is 0.755. The lowest BCUT2D eigenvalue weighted by Gasteiger charge is -2.43. The van der Waals surface area contributed by atoms with Crippen LogP contribution in [0.4, 0.5) is 5.69 Å². The van der Waals surface area contributed by atoms with E-state index in [2.05, 4.69) is 50.5 Å². The lowest BCUT2D eigenvalue weighted by molar-refractivity contribution is -0.384. The molecule has 0 unspecified atom stereocenters. The summed E-state index contributed by atoms with van der Waals surface area (Å²) in [6.07, 6.45) is 5.76. The van der Waals surface area contributed by atoms with Crippen LogP contribution in [0.1, 0.15) is 30.7 Å². The van der Waals surface area contributed by atoms with Gasteiger partial charge < -0.3 is 9.73 Å². The number of nitrogens with one attached hydrogen (secondary N) is 1. The first-order valence-corrected chi connectivity index (χ1v) is 10.1. The van der Waals surface area contributed by atoms with Crippen LogP contribution < -0.4 is 5.32 Å². The number of oxazole rings is 1. The maximum atomic E-state index is 10.9. The van der Waals surface area contributed by atoms with E-state index < -0.39 is 4.92 Å². The van der Waals surface area contributed by atoms with E-state index >= 15 is 0 Å². The quantitative estimate of drug-likeness (QED) is 0.401. The fraction of sp³-hybridized carbons (Fsp3) is 0.286. The van der Waals surface area contributed by atoms with Gasteiger partial charge in [0, 0.05) is 40.7 Å². The molecular formula is C21H20BrN3O3. The molecule has 0 amide bonds. The van der Waals surface area contributed by atoms with Crippen molar-refractivity contribution in [2.75, 3.05) is 6.54 Å². The molecule has 0 radical (unpaired) electrons. The van der Waals surface area contributed by atoms with Crippen molar-refractivity contribution in [2.45, 2.75) is 31.2 Å². The maximum Gasteiger partial charge on any atom is 0.270 e. The van der Waals surface area contributed by atoms with Crippen LogP contribution in [-0.4, -0.2) is 16.5 Å². The summed E-state index contributed by atoms with van der Waals surface area (Å²) in [5.74, 6) is 1.17. The molecular weight excluding hydrogens is 422 g/mol. The highest BCUT2D eigenvalue weighted by atomic mass is 79.9. The molecule has 28 heavy (non-hydrogen) atoms. The average Bonchev–Trinajstić information content (AvgIpc) is 3.14. The summed E-state index contributed by atoms with van der Waals surface area (Å²) in [7, 11) is 0. The Morgan fingerprint density at radius 2 is 2.00 bits per heavy atom. The molecule has 0 aliphatic heterocycles. The van der Waals surface area contributed by atoms with Crippen molar-refractivity contribution >= 4 is 21.6 Å². The Kier molecular flexibility index (Phi) is 5.28. The molecule has 144 valence electrons. The van der Waals surface area contributed by atoms with Gasteiger partial charge in [-0.2, -0.15) is 0 Å².